The Morgan fingerprint density at radius 2 is 2.10 bits per heavy atom. The average molecular weight is 386 g/mol. The van der Waals surface area contributed by atoms with Crippen LogP contribution in [0.1, 0.15) is 16.8 Å². The highest BCUT2D eigenvalue weighted by atomic mass is 127. The van der Waals surface area contributed by atoms with E-state index < -0.39 is 4.92 Å². The van der Waals surface area contributed by atoms with Crippen LogP contribution in [0.2, 0.25) is 0 Å². The third kappa shape index (κ3) is 2.84. The quantitative estimate of drug-likeness (QED) is 0.456. The molecule has 104 valence electrons. The van der Waals surface area contributed by atoms with Crippen molar-refractivity contribution in [3.05, 3.63) is 59.3 Å². The Bertz CT molecular complexity index is 742. The third-order valence-electron chi connectivity index (χ3n) is 2.89. The minimum atomic E-state index is -0.431. The highest BCUT2D eigenvalue weighted by Crippen LogP contribution is 2.24. The van der Waals surface area contributed by atoms with Crippen molar-refractivity contribution in [1.82, 2.24) is 14.8 Å². The van der Waals surface area contributed by atoms with Crippen LogP contribution in [0.5, 0.6) is 0 Å². The average Bonchev–Trinajstić information content (AvgIpc) is 2.35. The number of nitrogens with zero attached hydrogens (tertiary/aromatic N) is 4. The second kappa shape index (κ2) is 5.65. The van der Waals surface area contributed by atoms with Gasteiger partial charge in [0.25, 0.3) is 11.2 Å². The van der Waals surface area contributed by atoms with Gasteiger partial charge >= 0.3 is 0 Å². The first-order valence-corrected chi connectivity index (χ1v) is 6.80. The molecule has 0 radical (unpaired) electrons. The zero-order valence-electron chi connectivity index (χ0n) is 10.8. The Labute approximate surface area is 127 Å². The molecule has 7 nitrogen and oxygen atoms in total. The SMILES string of the molecule is Cc1cnc(Cn2ncc(I)cc2=O)c(C)c1[N+](=O)[O-]. The van der Waals surface area contributed by atoms with Gasteiger partial charge in [-0.25, -0.2) is 4.68 Å². The summed E-state index contributed by atoms with van der Waals surface area (Å²) < 4.78 is 1.97. The van der Waals surface area contributed by atoms with Gasteiger partial charge in [-0.3, -0.25) is 19.9 Å². The van der Waals surface area contributed by atoms with Crippen LogP contribution < -0.4 is 5.56 Å². The molecule has 0 aromatic carbocycles. The molecule has 0 fully saturated rings. The van der Waals surface area contributed by atoms with Gasteiger partial charge in [0.1, 0.15) is 0 Å². The van der Waals surface area contributed by atoms with Gasteiger partial charge < -0.3 is 0 Å². The molecule has 2 aromatic heterocycles. The molecular weight excluding hydrogens is 375 g/mol. The first kappa shape index (κ1) is 14.6. The van der Waals surface area contributed by atoms with Crippen molar-refractivity contribution in [2.24, 2.45) is 0 Å². The van der Waals surface area contributed by atoms with Crippen molar-refractivity contribution < 1.29 is 4.92 Å². The van der Waals surface area contributed by atoms with Crippen LogP contribution in [-0.2, 0) is 6.54 Å². The molecule has 0 N–H and O–H groups in total. The van der Waals surface area contributed by atoms with Crippen LogP contribution in [0.3, 0.4) is 0 Å². The fourth-order valence-electron chi connectivity index (χ4n) is 1.88. The molecule has 0 amide bonds. The van der Waals surface area contributed by atoms with Crippen molar-refractivity contribution in [3.8, 4) is 0 Å². The molecule has 2 rings (SSSR count). The van der Waals surface area contributed by atoms with E-state index in [0.29, 0.717) is 16.8 Å². The zero-order chi connectivity index (χ0) is 14.9. The normalized spacial score (nSPS) is 10.6. The minimum absolute atomic E-state index is 0.0357. The number of nitro groups is 1. The van der Waals surface area contributed by atoms with Gasteiger partial charge in [-0.05, 0) is 36.4 Å². The molecule has 0 saturated carbocycles. The van der Waals surface area contributed by atoms with E-state index in [9.17, 15) is 14.9 Å². The summed E-state index contributed by atoms with van der Waals surface area (Å²) in [7, 11) is 0. The van der Waals surface area contributed by atoms with Crippen molar-refractivity contribution in [3.63, 3.8) is 0 Å². The molecule has 0 atom stereocenters. The predicted octanol–water partition coefficient (Wildman–Crippen LogP) is 1.82. The van der Waals surface area contributed by atoms with E-state index in [-0.39, 0.29) is 17.8 Å². The molecule has 0 bridgehead atoms. The maximum absolute atomic E-state index is 11.8. The van der Waals surface area contributed by atoms with Crippen molar-refractivity contribution in [2.75, 3.05) is 0 Å². The summed E-state index contributed by atoms with van der Waals surface area (Å²) in [5.74, 6) is 0. The van der Waals surface area contributed by atoms with Crippen LogP contribution in [0, 0.1) is 27.5 Å². The Kier molecular flexibility index (Phi) is 4.12. The molecule has 2 aromatic rings. The Balaban J connectivity index is 2.47. The van der Waals surface area contributed by atoms with Gasteiger partial charge in [-0.1, -0.05) is 0 Å². The lowest BCUT2D eigenvalue weighted by molar-refractivity contribution is -0.386. The number of rotatable bonds is 3. The molecule has 0 unspecified atom stereocenters. The zero-order valence-corrected chi connectivity index (χ0v) is 13.0. The van der Waals surface area contributed by atoms with E-state index in [1.807, 2.05) is 22.6 Å². The van der Waals surface area contributed by atoms with E-state index in [1.165, 1.54) is 16.9 Å². The predicted molar refractivity (Wildman–Crippen MR) is 80.7 cm³/mol. The molecule has 0 spiro atoms. The lowest BCUT2D eigenvalue weighted by atomic mass is 10.1. The van der Waals surface area contributed by atoms with Crippen LogP contribution in [0.25, 0.3) is 0 Å². The fraction of sp³-hybridized carbons (Fsp3) is 0.250. The first-order valence-electron chi connectivity index (χ1n) is 5.72. The summed E-state index contributed by atoms with van der Waals surface area (Å²) in [6, 6.07) is 1.45. The smallest absolute Gasteiger partial charge is 0.268 e. The topological polar surface area (TPSA) is 90.9 Å². The maximum atomic E-state index is 11.8. The van der Waals surface area contributed by atoms with E-state index in [0.717, 1.165) is 3.57 Å². The number of hydrogen-bond acceptors (Lipinski definition) is 5. The maximum Gasteiger partial charge on any atom is 0.278 e. The van der Waals surface area contributed by atoms with Gasteiger partial charge in [0.05, 0.1) is 28.9 Å². The number of pyridine rings is 1. The molecule has 2 heterocycles. The van der Waals surface area contributed by atoms with E-state index in [1.54, 1.807) is 20.0 Å². The summed E-state index contributed by atoms with van der Waals surface area (Å²) in [4.78, 5) is 26.6. The number of halogens is 1. The Morgan fingerprint density at radius 3 is 2.70 bits per heavy atom. The number of hydrogen-bond donors (Lipinski definition) is 0. The van der Waals surface area contributed by atoms with Gasteiger partial charge in [0.2, 0.25) is 0 Å². The van der Waals surface area contributed by atoms with Gasteiger partial charge in [0.15, 0.2) is 0 Å². The molecule has 0 aliphatic carbocycles. The molecule has 8 heteroatoms. The minimum Gasteiger partial charge on any atom is -0.268 e. The summed E-state index contributed by atoms with van der Waals surface area (Å²) in [6.07, 6.45) is 3.00. The van der Waals surface area contributed by atoms with E-state index in [2.05, 4.69) is 10.1 Å². The Hall–Kier alpha value is -1.84. The van der Waals surface area contributed by atoms with Gasteiger partial charge in [-0.2, -0.15) is 5.10 Å². The second-order valence-corrected chi connectivity index (χ2v) is 5.53. The van der Waals surface area contributed by atoms with Gasteiger partial charge in [-0.15, -0.1) is 0 Å². The summed E-state index contributed by atoms with van der Waals surface area (Å²) in [6.45, 7) is 3.38. The lowest BCUT2D eigenvalue weighted by Gasteiger charge is -2.08. The van der Waals surface area contributed by atoms with E-state index in [4.69, 9.17) is 0 Å². The summed E-state index contributed by atoms with van der Waals surface area (Å²) in [5.41, 5.74) is 1.20. The second-order valence-electron chi connectivity index (χ2n) is 4.29. The fourth-order valence-corrected chi connectivity index (χ4v) is 2.27. The van der Waals surface area contributed by atoms with Crippen LogP contribution in [0.15, 0.2) is 23.3 Å². The monoisotopic (exact) mass is 386 g/mol. The van der Waals surface area contributed by atoms with Crippen molar-refractivity contribution in [2.45, 2.75) is 20.4 Å². The van der Waals surface area contributed by atoms with Crippen molar-refractivity contribution >= 4 is 28.3 Å². The number of aryl methyl sites for hydroxylation is 1. The summed E-state index contributed by atoms with van der Waals surface area (Å²) >= 11 is 2.00. The van der Waals surface area contributed by atoms with Gasteiger partial charge in [0, 0.05) is 21.4 Å². The molecule has 0 aliphatic rings. The highest BCUT2D eigenvalue weighted by Gasteiger charge is 2.19. The standard InChI is InChI=1S/C12H11IN4O3/c1-7-4-14-10(8(2)12(7)17(19)20)6-16-11(18)3-9(13)5-15-16/h3-5H,6H2,1-2H3. The third-order valence-corrected chi connectivity index (χ3v) is 3.48. The molecule has 0 saturated heterocycles. The summed E-state index contributed by atoms with van der Waals surface area (Å²) in [5, 5.41) is 15.0. The van der Waals surface area contributed by atoms with Crippen LogP contribution in [0.4, 0.5) is 5.69 Å². The van der Waals surface area contributed by atoms with Crippen molar-refractivity contribution in [1.29, 1.82) is 0 Å². The first-order chi connectivity index (χ1) is 9.40. The van der Waals surface area contributed by atoms with E-state index >= 15 is 0 Å². The number of aromatic nitrogens is 3. The lowest BCUT2D eigenvalue weighted by Crippen LogP contribution is -2.23. The van der Waals surface area contributed by atoms with Crippen LogP contribution in [-0.4, -0.2) is 19.7 Å². The molecular formula is C12H11IN4O3. The molecule has 20 heavy (non-hydrogen) atoms. The Morgan fingerprint density at radius 1 is 1.40 bits per heavy atom. The van der Waals surface area contributed by atoms with Crippen LogP contribution >= 0.6 is 22.6 Å². The largest absolute Gasteiger partial charge is 0.278 e. The molecule has 0 aliphatic heterocycles. The highest BCUT2D eigenvalue weighted by molar-refractivity contribution is 14.1.